The third-order valence-corrected chi connectivity index (χ3v) is 0.515. The van der Waals surface area contributed by atoms with Crippen LogP contribution < -0.4 is 0 Å². The minimum absolute atomic E-state index is 0. The summed E-state index contributed by atoms with van der Waals surface area (Å²) in [5.41, 5.74) is 0. The van der Waals surface area contributed by atoms with Crippen LogP contribution in [0.5, 0.6) is 0 Å². The first-order valence-electron chi connectivity index (χ1n) is 1.84. The van der Waals surface area contributed by atoms with Crippen molar-refractivity contribution in [2.45, 2.75) is 12.4 Å². The van der Waals surface area contributed by atoms with Gasteiger partial charge in [-0.15, -0.1) is 0 Å². The van der Waals surface area contributed by atoms with E-state index in [1.54, 1.807) is 0 Å². The fourth-order valence-electron chi connectivity index (χ4n) is 0.161. The molecule has 75 valence electrons. The summed E-state index contributed by atoms with van der Waals surface area (Å²) in [6, 6.07) is 0. The number of carbonyl (C=O) groups excluding carboxylic acids is 1. The number of hydrogen-bond donors (Lipinski definition) is 0. The molecular formula is C3F6LuO. The van der Waals surface area contributed by atoms with E-state index in [1.165, 1.54) is 0 Å². The molecule has 0 aromatic rings. The first-order chi connectivity index (χ1) is 4.15. The Bertz CT molecular complexity index is 129. The second-order valence-electron chi connectivity index (χ2n) is 1.32. The molecule has 0 aromatic carbocycles. The molecule has 0 saturated carbocycles. The standard InChI is InChI=1S/C3F6O.Lu/c4-2(5,6)1(10)3(7,8)9;. The van der Waals surface area contributed by atoms with Gasteiger partial charge >= 0.3 is 18.1 Å². The van der Waals surface area contributed by atoms with Gasteiger partial charge in [0, 0.05) is 36.9 Å². The van der Waals surface area contributed by atoms with Crippen molar-refractivity contribution in [3.63, 3.8) is 0 Å². The second-order valence-corrected chi connectivity index (χ2v) is 1.32. The molecule has 11 heavy (non-hydrogen) atoms. The van der Waals surface area contributed by atoms with E-state index >= 15 is 0 Å². The number of Topliss-reactive ketones (excluding diaryl/α,β-unsaturated/α-hetero) is 1. The molecule has 1 nitrogen and oxygen atoms in total. The summed E-state index contributed by atoms with van der Waals surface area (Å²) < 4.78 is 65.3. The molecule has 0 atom stereocenters. The number of rotatable bonds is 0. The Balaban J connectivity index is 0. The molecule has 1 radical (unpaired) electrons. The van der Waals surface area contributed by atoms with Gasteiger partial charge in [-0.25, -0.2) is 0 Å². The Morgan fingerprint density at radius 3 is 1.00 bits per heavy atom. The number of halogens is 6. The zero-order valence-electron chi connectivity index (χ0n) is 4.43. The monoisotopic (exact) mass is 341 g/mol. The van der Waals surface area contributed by atoms with Crippen LogP contribution in [0.15, 0.2) is 0 Å². The quantitative estimate of drug-likeness (QED) is 0.613. The molecule has 0 unspecified atom stereocenters. The molecule has 0 heterocycles. The maximum absolute atomic E-state index is 10.9. The van der Waals surface area contributed by atoms with Crippen LogP contribution in [0.25, 0.3) is 0 Å². The SMILES string of the molecule is O=C(C(F)(F)F)C(F)(F)F.[Lu]. The van der Waals surface area contributed by atoms with Crippen LogP contribution in [0.1, 0.15) is 0 Å². The van der Waals surface area contributed by atoms with Gasteiger partial charge in [0.15, 0.2) is 0 Å². The molecule has 0 rings (SSSR count). The van der Waals surface area contributed by atoms with E-state index in [9.17, 15) is 31.1 Å². The van der Waals surface area contributed by atoms with Crippen molar-refractivity contribution < 1.29 is 68.0 Å². The van der Waals surface area contributed by atoms with Crippen molar-refractivity contribution in [2.75, 3.05) is 0 Å². The summed E-state index contributed by atoms with van der Waals surface area (Å²) in [5.74, 6) is -3.68. The predicted octanol–water partition coefficient (Wildman–Crippen LogP) is 1.68. The summed E-state index contributed by atoms with van der Waals surface area (Å²) in [4.78, 5) is 9.24. The van der Waals surface area contributed by atoms with Gasteiger partial charge in [-0.1, -0.05) is 0 Å². The van der Waals surface area contributed by atoms with Crippen LogP contribution >= 0.6 is 0 Å². The van der Waals surface area contributed by atoms with Gasteiger partial charge in [-0.2, -0.15) is 26.3 Å². The van der Waals surface area contributed by atoms with Crippen molar-refractivity contribution in [1.82, 2.24) is 0 Å². The summed E-state index contributed by atoms with van der Waals surface area (Å²) in [5, 5.41) is 0. The Morgan fingerprint density at radius 2 is 1.00 bits per heavy atom. The molecule has 0 aliphatic carbocycles. The summed E-state index contributed by atoms with van der Waals surface area (Å²) in [6.07, 6.45) is -11.6. The van der Waals surface area contributed by atoms with Gasteiger partial charge < -0.3 is 0 Å². The van der Waals surface area contributed by atoms with Gasteiger partial charge in [0.25, 0.3) is 0 Å². The third-order valence-electron chi connectivity index (χ3n) is 0.515. The number of hydrogen-bond acceptors (Lipinski definition) is 1. The zero-order valence-corrected chi connectivity index (χ0v) is 6.09. The number of carbonyl (C=O) groups is 1. The second kappa shape index (κ2) is 3.93. The van der Waals surface area contributed by atoms with E-state index in [2.05, 4.69) is 0 Å². The first-order valence-corrected chi connectivity index (χ1v) is 1.84. The van der Waals surface area contributed by atoms with Crippen LogP contribution in [0.2, 0.25) is 0 Å². The maximum atomic E-state index is 10.9. The molecule has 0 spiro atoms. The average molecular weight is 341 g/mol. The number of ketones is 1. The van der Waals surface area contributed by atoms with E-state index in [1.807, 2.05) is 0 Å². The topological polar surface area (TPSA) is 17.1 Å². The molecule has 0 aromatic heterocycles. The summed E-state index contributed by atoms with van der Waals surface area (Å²) in [6.45, 7) is 0. The molecule has 0 aliphatic rings. The molecule has 0 fully saturated rings. The van der Waals surface area contributed by atoms with E-state index in [0.29, 0.717) is 0 Å². The van der Waals surface area contributed by atoms with Gasteiger partial charge in [-0.3, -0.25) is 4.79 Å². The first kappa shape index (κ1) is 14.0. The van der Waals surface area contributed by atoms with Crippen LogP contribution in [-0.4, -0.2) is 18.1 Å². The van der Waals surface area contributed by atoms with E-state index < -0.39 is 18.1 Å². The molecule has 0 amide bonds. The molecule has 8 heteroatoms. The zero-order chi connectivity index (χ0) is 8.58. The van der Waals surface area contributed by atoms with Crippen LogP contribution in [0.4, 0.5) is 26.3 Å². The van der Waals surface area contributed by atoms with Gasteiger partial charge in [0.1, 0.15) is 0 Å². The Morgan fingerprint density at radius 1 is 0.818 bits per heavy atom. The van der Waals surface area contributed by atoms with Crippen molar-refractivity contribution in [3.8, 4) is 0 Å². The van der Waals surface area contributed by atoms with Crippen molar-refractivity contribution in [2.24, 2.45) is 0 Å². The molecular weight excluding hydrogens is 341 g/mol. The minimum Gasteiger partial charge on any atom is -0.279 e. The fourth-order valence-corrected chi connectivity index (χ4v) is 0.161. The fraction of sp³-hybridized carbons (Fsp3) is 0.667. The Labute approximate surface area is 85.9 Å². The Hall–Kier alpha value is 0.484. The van der Waals surface area contributed by atoms with Crippen molar-refractivity contribution in [1.29, 1.82) is 0 Å². The third kappa shape index (κ3) is 4.84. The van der Waals surface area contributed by atoms with E-state index in [-0.39, 0.29) is 36.9 Å². The predicted molar refractivity (Wildman–Crippen MR) is 17.1 cm³/mol. The maximum Gasteiger partial charge on any atom is 0.459 e. The van der Waals surface area contributed by atoms with Crippen molar-refractivity contribution in [3.05, 3.63) is 0 Å². The number of alkyl halides is 6. The van der Waals surface area contributed by atoms with Crippen molar-refractivity contribution >= 4 is 5.78 Å². The largest absolute Gasteiger partial charge is 0.459 e. The van der Waals surface area contributed by atoms with E-state index in [0.717, 1.165) is 0 Å². The van der Waals surface area contributed by atoms with Gasteiger partial charge in [-0.05, 0) is 0 Å². The normalized spacial score (nSPS) is 12.2. The van der Waals surface area contributed by atoms with Gasteiger partial charge in [0.2, 0.25) is 0 Å². The van der Waals surface area contributed by atoms with Gasteiger partial charge in [0.05, 0.1) is 0 Å². The molecule has 0 saturated heterocycles. The Kier molecular flexibility index (Phi) is 5.02. The smallest absolute Gasteiger partial charge is 0.279 e. The molecule has 0 aliphatic heterocycles. The van der Waals surface area contributed by atoms with E-state index in [4.69, 9.17) is 0 Å². The van der Waals surface area contributed by atoms with Crippen LogP contribution in [0, 0.1) is 36.9 Å². The summed E-state index contributed by atoms with van der Waals surface area (Å²) >= 11 is 0. The molecule has 0 bridgehead atoms. The van der Waals surface area contributed by atoms with Crippen LogP contribution in [-0.2, 0) is 4.79 Å². The summed E-state index contributed by atoms with van der Waals surface area (Å²) in [7, 11) is 0. The minimum atomic E-state index is -5.82. The molecule has 0 N–H and O–H groups in total. The average Bonchev–Trinajstić information content (AvgIpc) is 1.59. The van der Waals surface area contributed by atoms with Crippen LogP contribution in [0.3, 0.4) is 0 Å².